The normalized spacial score (nSPS) is 10.3. The zero-order chi connectivity index (χ0) is 17.8. The largest absolute Gasteiger partial charge is 0.447 e. The molecular weight excluding hydrogens is 325 g/mol. The predicted octanol–water partition coefficient (Wildman–Crippen LogP) is 4.76. The zero-order valence-corrected chi connectivity index (χ0v) is 12.9. The molecule has 3 aromatic carbocycles. The van der Waals surface area contributed by atoms with E-state index in [4.69, 9.17) is 4.74 Å². The molecule has 0 unspecified atom stereocenters. The maximum absolute atomic E-state index is 13.7. The van der Waals surface area contributed by atoms with Crippen LogP contribution in [0.2, 0.25) is 0 Å². The van der Waals surface area contributed by atoms with Crippen molar-refractivity contribution < 1.29 is 18.8 Å². The summed E-state index contributed by atoms with van der Waals surface area (Å²) < 4.78 is 19.0. The Morgan fingerprint density at radius 1 is 0.880 bits per heavy atom. The van der Waals surface area contributed by atoms with Crippen LogP contribution >= 0.6 is 0 Å². The third-order valence-electron chi connectivity index (χ3n) is 3.51. The average Bonchev–Trinajstić information content (AvgIpc) is 2.64. The number of carbonyl (C=O) groups excluding carboxylic acids is 1. The van der Waals surface area contributed by atoms with Crippen molar-refractivity contribution in [3.05, 3.63) is 99.9 Å². The summed E-state index contributed by atoms with van der Waals surface area (Å²) in [7, 11) is 0. The fourth-order valence-electron chi connectivity index (χ4n) is 2.29. The zero-order valence-electron chi connectivity index (χ0n) is 12.9. The number of rotatable bonds is 5. The molecular formula is C19H12FNO4. The Kier molecular flexibility index (Phi) is 4.52. The Bertz CT molecular complexity index is 941. The molecule has 124 valence electrons. The van der Waals surface area contributed by atoms with E-state index >= 15 is 0 Å². The molecule has 0 aromatic heterocycles. The number of ketones is 1. The van der Waals surface area contributed by atoms with Gasteiger partial charge in [0.25, 0.3) is 0 Å². The van der Waals surface area contributed by atoms with E-state index in [9.17, 15) is 19.3 Å². The summed E-state index contributed by atoms with van der Waals surface area (Å²) in [6, 6.07) is 17.9. The first kappa shape index (κ1) is 16.3. The molecule has 5 nitrogen and oxygen atoms in total. The van der Waals surface area contributed by atoms with E-state index in [1.165, 1.54) is 30.3 Å². The van der Waals surface area contributed by atoms with Gasteiger partial charge in [0.15, 0.2) is 17.3 Å². The number of hydrogen-bond acceptors (Lipinski definition) is 4. The SMILES string of the molecule is O=C(c1ccccc1)c1ccc(Oc2ccccc2F)c([N+](=O)[O-])c1. The van der Waals surface area contributed by atoms with Crippen LogP contribution in [-0.4, -0.2) is 10.7 Å². The lowest BCUT2D eigenvalue weighted by molar-refractivity contribution is -0.385. The molecule has 0 radical (unpaired) electrons. The van der Waals surface area contributed by atoms with E-state index in [0.717, 1.165) is 6.07 Å². The van der Waals surface area contributed by atoms with Crippen LogP contribution in [0.4, 0.5) is 10.1 Å². The summed E-state index contributed by atoms with van der Waals surface area (Å²) in [5.74, 6) is -1.25. The summed E-state index contributed by atoms with van der Waals surface area (Å²) in [6.45, 7) is 0. The van der Waals surface area contributed by atoms with Gasteiger partial charge >= 0.3 is 5.69 Å². The van der Waals surface area contributed by atoms with Crippen LogP contribution in [0.25, 0.3) is 0 Å². The Balaban J connectivity index is 1.98. The lowest BCUT2D eigenvalue weighted by Gasteiger charge is -2.08. The van der Waals surface area contributed by atoms with Gasteiger partial charge in [0.2, 0.25) is 5.75 Å². The predicted molar refractivity (Wildman–Crippen MR) is 89.4 cm³/mol. The molecule has 3 aromatic rings. The fraction of sp³-hybridized carbons (Fsp3) is 0. The van der Waals surface area contributed by atoms with Gasteiger partial charge in [-0.3, -0.25) is 14.9 Å². The number of benzene rings is 3. The Morgan fingerprint density at radius 3 is 2.24 bits per heavy atom. The average molecular weight is 337 g/mol. The fourth-order valence-corrected chi connectivity index (χ4v) is 2.29. The van der Waals surface area contributed by atoms with Crippen LogP contribution in [0.5, 0.6) is 11.5 Å². The van der Waals surface area contributed by atoms with Gasteiger partial charge in [-0.15, -0.1) is 0 Å². The molecule has 0 fully saturated rings. The van der Waals surface area contributed by atoms with Gasteiger partial charge in [-0.05, 0) is 24.3 Å². The summed E-state index contributed by atoms with van der Waals surface area (Å²) in [5.41, 5.74) is 0.156. The van der Waals surface area contributed by atoms with Crippen molar-refractivity contribution in [2.24, 2.45) is 0 Å². The smallest absolute Gasteiger partial charge is 0.312 e. The van der Waals surface area contributed by atoms with E-state index in [1.54, 1.807) is 36.4 Å². The van der Waals surface area contributed by atoms with Crippen molar-refractivity contribution in [1.82, 2.24) is 0 Å². The number of nitrogens with zero attached hydrogens (tertiary/aromatic N) is 1. The van der Waals surface area contributed by atoms with E-state index in [-0.39, 0.29) is 22.8 Å². The number of hydrogen-bond donors (Lipinski definition) is 0. The highest BCUT2D eigenvalue weighted by Gasteiger charge is 2.20. The number of halogens is 1. The second kappa shape index (κ2) is 6.92. The molecule has 0 spiro atoms. The quantitative estimate of drug-likeness (QED) is 0.382. The standard InChI is InChI=1S/C19H12FNO4/c20-15-8-4-5-9-17(15)25-18-11-10-14(12-16(18)21(23)24)19(22)13-6-2-1-3-7-13/h1-12H. The lowest BCUT2D eigenvalue weighted by atomic mass is 10.0. The van der Waals surface area contributed by atoms with Gasteiger partial charge in [0.05, 0.1) is 4.92 Å². The van der Waals surface area contributed by atoms with Crippen molar-refractivity contribution in [3.8, 4) is 11.5 Å². The molecule has 0 atom stereocenters. The first-order chi connectivity index (χ1) is 12.1. The van der Waals surface area contributed by atoms with E-state index in [1.807, 2.05) is 0 Å². The molecule has 0 bridgehead atoms. The Morgan fingerprint density at radius 2 is 1.56 bits per heavy atom. The van der Waals surface area contributed by atoms with Crippen LogP contribution in [0.15, 0.2) is 72.8 Å². The second-order valence-corrected chi connectivity index (χ2v) is 5.17. The van der Waals surface area contributed by atoms with E-state index in [0.29, 0.717) is 5.56 Å². The van der Waals surface area contributed by atoms with Gasteiger partial charge in [-0.2, -0.15) is 0 Å². The number of carbonyl (C=O) groups is 1. The molecule has 0 aliphatic rings. The van der Waals surface area contributed by atoms with E-state index < -0.39 is 16.4 Å². The minimum atomic E-state index is -0.669. The Labute approximate surface area is 142 Å². The number of nitro benzene ring substituents is 1. The van der Waals surface area contributed by atoms with Crippen LogP contribution in [-0.2, 0) is 0 Å². The number of ether oxygens (including phenoxy) is 1. The maximum atomic E-state index is 13.7. The van der Waals surface area contributed by atoms with E-state index in [2.05, 4.69) is 0 Å². The minimum Gasteiger partial charge on any atom is -0.447 e. The van der Waals surface area contributed by atoms with Crippen LogP contribution in [0, 0.1) is 15.9 Å². The van der Waals surface area contributed by atoms with Gasteiger partial charge < -0.3 is 4.74 Å². The van der Waals surface area contributed by atoms with Crippen molar-refractivity contribution in [1.29, 1.82) is 0 Å². The molecule has 0 saturated carbocycles. The van der Waals surface area contributed by atoms with Gasteiger partial charge in [0, 0.05) is 17.2 Å². The Hall–Kier alpha value is -3.54. The topological polar surface area (TPSA) is 69.4 Å². The van der Waals surface area contributed by atoms with Gasteiger partial charge in [0.1, 0.15) is 0 Å². The monoisotopic (exact) mass is 337 g/mol. The highest BCUT2D eigenvalue weighted by atomic mass is 19.1. The maximum Gasteiger partial charge on any atom is 0.312 e. The first-order valence-corrected chi connectivity index (χ1v) is 7.37. The molecule has 0 amide bonds. The molecule has 25 heavy (non-hydrogen) atoms. The molecule has 0 aliphatic heterocycles. The molecule has 0 aliphatic carbocycles. The van der Waals surface area contributed by atoms with Crippen molar-refractivity contribution in [2.75, 3.05) is 0 Å². The molecule has 3 rings (SSSR count). The van der Waals surface area contributed by atoms with Crippen molar-refractivity contribution in [2.45, 2.75) is 0 Å². The van der Waals surface area contributed by atoms with Crippen LogP contribution < -0.4 is 4.74 Å². The van der Waals surface area contributed by atoms with Gasteiger partial charge in [-0.1, -0.05) is 42.5 Å². The van der Waals surface area contributed by atoms with Crippen LogP contribution in [0.1, 0.15) is 15.9 Å². The number of nitro groups is 1. The highest BCUT2D eigenvalue weighted by molar-refractivity contribution is 6.09. The molecule has 0 heterocycles. The summed E-state index contributed by atoms with van der Waals surface area (Å²) in [4.78, 5) is 23.1. The molecule has 0 saturated heterocycles. The third kappa shape index (κ3) is 3.53. The lowest BCUT2D eigenvalue weighted by Crippen LogP contribution is -2.03. The summed E-state index contributed by atoms with van der Waals surface area (Å²) in [5, 5.41) is 11.3. The van der Waals surface area contributed by atoms with Crippen LogP contribution in [0.3, 0.4) is 0 Å². The molecule has 0 N–H and O–H groups in total. The molecule has 6 heteroatoms. The summed E-state index contributed by atoms with van der Waals surface area (Å²) >= 11 is 0. The van der Waals surface area contributed by atoms with Gasteiger partial charge in [-0.25, -0.2) is 4.39 Å². The van der Waals surface area contributed by atoms with Crippen molar-refractivity contribution >= 4 is 11.5 Å². The summed E-state index contributed by atoms with van der Waals surface area (Å²) in [6.07, 6.45) is 0. The number of para-hydroxylation sites is 1. The van der Waals surface area contributed by atoms with Crippen molar-refractivity contribution in [3.63, 3.8) is 0 Å². The second-order valence-electron chi connectivity index (χ2n) is 5.17. The first-order valence-electron chi connectivity index (χ1n) is 7.37. The highest BCUT2D eigenvalue weighted by Crippen LogP contribution is 2.33. The minimum absolute atomic E-state index is 0.132. The third-order valence-corrected chi connectivity index (χ3v) is 3.51.